The first-order valence-corrected chi connectivity index (χ1v) is 7.64. The predicted molar refractivity (Wildman–Crippen MR) is 79.8 cm³/mol. The quantitative estimate of drug-likeness (QED) is 0.899. The molecular weight excluding hydrogens is 250 g/mol. The van der Waals surface area contributed by atoms with Crippen LogP contribution in [-0.4, -0.2) is 61.0 Å². The summed E-state index contributed by atoms with van der Waals surface area (Å²) in [5.41, 5.74) is 0.819. The minimum absolute atomic E-state index is 0.197. The summed E-state index contributed by atoms with van der Waals surface area (Å²) in [7, 11) is 0. The average molecular weight is 273 g/mol. The average Bonchev–Trinajstić information content (AvgIpc) is 2.96. The van der Waals surface area contributed by atoms with Gasteiger partial charge in [-0.3, -0.25) is 9.69 Å². The first-order valence-electron chi connectivity index (χ1n) is 7.64. The van der Waals surface area contributed by atoms with Gasteiger partial charge in [-0.2, -0.15) is 0 Å². The molecule has 3 rings (SSSR count). The molecule has 1 amide bonds. The summed E-state index contributed by atoms with van der Waals surface area (Å²) in [6.45, 7) is 6.27. The standard InChI is InChI=1S/C16H23N3O/c20-16(14-5-2-1-3-6-14)19-10-4-7-15(19)13-18-11-8-17-9-12-18/h1-3,5-6,15,17H,4,7-13H2. The molecular formula is C16H23N3O. The molecule has 20 heavy (non-hydrogen) atoms. The van der Waals surface area contributed by atoms with E-state index in [1.54, 1.807) is 0 Å². The molecule has 2 aliphatic rings. The van der Waals surface area contributed by atoms with Crippen LogP contribution >= 0.6 is 0 Å². The summed E-state index contributed by atoms with van der Waals surface area (Å²) in [5.74, 6) is 0.197. The second-order valence-corrected chi connectivity index (χ2v) is 5.71. The molecule has 2 fully saturated rings. The number of amides is 1. The zero-order chi connectivity index (χ0) is 13.8. The molecule has 0 spiro atoms. The van der Waals surface area contributed by atoms with E-state index in [4.69, 9.17) is 0 Å². The number of piperazine rings is 1. The van der Waals surface area contributed by atoms with Crippen LogP contribution in [0.25, 0.3) is 0 Å². The largest absolute Gasteiger partial charge is 0.334 e. The van der Waals surface area contributed by atoms with E-state index in [1.807, 2.05) is 30.3 Å². The SMILES string of the molecule is O=C(c1ccccc1)N1CCCC1CN1CCNCC1. The van der Waals surface area contributed by atoms with Crippen LogP contribution in [0.15, 0.2) is 30.3 Å². The van der Waals surface area contributed by atoms with Gasteiger partial charge in [-0.15, -0.1) is 0 Å². The zero-order valence-corrected chi connectivity index (χ0v) is 11.9. The molecule has 0 bridgehead atoms. The van der Waals surface area contributed by atoms with E-state index in [0.717, 1.165) is 57.7 Å². The third kappa shape index (κ3) is 3.02. The van der Waals surface area contributed by atoms with Gasteiger partial charge in [0.05, 0.1) is 0 Å². The second-order valence-electron chi connectivity index (χ2n) is 5.71. The van der Waals surface area contributed by atoms with Crippen molar-refractivity contribution in [1.82, 2.24) is 15.1 Å². The molecule has 4 nitrogen and oxygen atoms in total. The normalized spacial score (nSPS) is 24.0. The molecule has 1 aromatic rings. The molecule has 0 radical (unpaired) electrons. The van der Waals surface area contributed by atoms with Crippen molar-refractivity contribution in [2.24, 2.45) is 0 Å². The fraction of sp³-hybridized carbons (Fsp3) is 0.562. The van der Waals surface area contributed by atoms with Gasteiger partial charge in [0, 0.05) is 50.9 Å². The summed E-state index contributed by atoms with van der Waals surface area (Å²) in [5, 5.41) is 3.38. The molecule has 0 aromatic heterocycles. The van der Waals surface area contributed by atoms with E-state index in [-0.39, 0.29) is 5.91 Å². The van der Waals surface area contributed by atoms with Gasteiger partial charge in [0.15, 0.2) is 0 Å². The van der Waals surface area contributed by atoms with Crippen LogP contribution in [0.3, 0.4) is 0 Å². The van der Waals surface area contributed by atoms with Gasteiger partial charge < -0.3 is 10.2 Å². The van der Waals surface area contributed by atoms with Crippen molar-refractivity contribution < 1.29 is 4.79 Å². The van der Waals surface area contributed by atoms with Crippen molar-refractivity contribution in [2.75, 3.05) is 39.3 Å². The van der Waals surface area contributed by atoms with E-state index in [9.17, 15) is 4.79 Å². The molecule has 2 aliphatic heterocycles. The summed E-state index contributed by atoms with van der Waals surface area (Å²) in [6, 6.07) is 10.1. The third-order valence-electron chi connectivity index (χ3n) is 4.34. The van der Waals surface area contributed by atoms with Crippen molar-refractivity contribution in [2.45, 2.75) is 18.9 Å². The summed E-state index contributed by atoms with van der Waals surface area (Å²) in [4.78, 5) is 17.2. The van der Waals surface area contributed by atoms with Gasteiger partial charge in [0.25, 0.3) is 5.91 Å². The lowest BCUT2D eigenvalue weighted by Crippen LogP contribution is -2.49. The van der Waals surface area contributed by atoms with Crippen molar-refractivity contribution in [1.29, 1.82) is 0 Å². The molecule has 2 heterocycles. The maximum atomic E-state index is 12.6. The molecule has 0 saturated carbocycles. The van der Waals surface area contributed by atoms with Crippen molar-refractivity contribution in [3.63, 3.8) is 0 Å². The summed E-state index contributed by atoms with van der Waals surface area (Å²) in [6.07, 6.45) is 2.28. The van der Waals surface area contributed by atoms with Gasteiger partial charge in [-0.1, -0.05) is 18.2 Å². The smallest absolute Gasteiger partial charge is 0.254 e. The van der Waals surface area contributed by atoms with Crippen molar-refractivity contribution in [3.05, 3.63) is 35.9 Å². The Morgan fingerprint density at radius 1 is 1.15 bits per heavy atom. The van der Waals surface area contributed by atoms with Crippen LogP contribution in [0.1, 0.15) is 23.2 Å². The fourth-order valence-electron chi connectivity index (χ4n) is 3.23. The number of benzene rings is 1. The summed E-state index contributed by atoms with van der Waals surface area (Å²) >= 11 is 0. The van der Waals surface area contributed by atoms with Crippen LogP contribution in [0.5, 0.6) is 0 Å². The molecule has 108 valence electrons. The van der Waals surface area contributed by atoms with Crippen molar-refractivity contribution in [3.8, 4) is 0 Å². The molecule has 1 aromatic carbocycles. The first-order chi connectivity index (χ1) is 9.84. The maximum absolute atomic E-state index is 12.6. The predicted octanol–water partition coefficient (Wildman–Crippen LogP) is 1.20. The van der Waals surface area contributed by atoms with E-state index >= 15 is 0 Å². The van der Waals surface area contributed by atoms with E-state index in [1.165, 1.54) is 0 Å². The van der Waals surface area contributed by atoms with E-state index in [0.29, 0.717) is 6.04 Å². The number of likely N-dealkylation sites (tertiary alicyclic amines) is 1. The Morgan fingerprint density at radius 2 is 1.90 bits per heavy atom. The molecule has 1 atom stereocenters. The van der Waals surface area contributed by atoms with Gasteiger partial charge >= 0.3 is 0 Å². The minimum Gasteiger partial charge on any atom is -0.334 e. The van der Waals surface area contributed by atoms with Crippen LogP contribution in [0.4, 0.5) is 0 Å². The number of nitrogens with one attached hydrogen (secondary N) is 1. The lowest BCUT2D eigenvalue weighted by Gasteiger charge is -2.33. The Hall–Kier alpha value is -1.39. The topological polar surface area (TPSA) is 35.6 Å². The fourth-order valence-corrected chi connectivity index (χ4v) is 3.23. The number of carbonyl (C=O) groups excluding carboxylic acids is 1. The van der Waals surface area contributed by atoms with Gasteiger partial charge in [-0.25, -0.2) is 0 Å². The second kappa shape index (κ2) is 6.37. The highest BCUT2D eigenvalue weighted by atomic mass is 16.2. The monoisotopic (exact) mass is 273 g/mol. The van der Waals surface area contributed by atoms with E-state index in [2.05, 4.69) is 15.1 Å². The first kappa shape index (κ1) is 13.6. The van der Waals surface area contributed by atoms with Crippen LogP contribution in [0.2, 0.25) is 0 Å². The number of rotatable bonds is 3. The minimum atomic E-state index is 0.197. The number of nitrogens with zero attached hydrogens (tertiary/aromatic N) is 2. The highest BCUT2D eigenvalue weighted by molar-refractivity contribution is 5.94. The van der Waals surface area contributed by atoms with Crippen LogP contribution in [-0.2, 0) is 0 Å². The lowest BCUT2D eigenvalue weighted by molar-refractivity contribution is 0.0694. The van der Waals surface area contributed by atoms with Crippen molar-refractivity contribution >= 4 is 5.91 Å². The Labute approximate surface area is 120 Å². The number of hydrogen-bond donors (Lipinski definition) is 1. The Kier molecular flexibility index (Phi) is 4.33. The number of carbonyl (C=O) groups is 1. The van der Waals surface area contributed by atoms with Crippen LogP contribution in [0, 0.1) is 0 Å². The van der Waals surface area contributed by atoms with Crippen LogP contribution < -0.4 is 5.32 Å². The molecule has 1 N–H and O–H groups in total. The van der Waals surface area contributed by atoms with E-state index < -0.39 is 0 Å². The zero-order valence-electron chi connectivity index (χ0n) is 11.9. The molecule has 0 aliphatic carbocycles. The third-order valence-corrected chi connectivity index (χ3v) is 4.34. The van der Waals surface area contributed by atoms with Gasteiger partial charge in [-0.05, 0) is 25.0 Å². The lowest BCUT2D eigenvalue weighted by atomic mass is 10.1. The highest BCUT2D eigenvalue weighted by Gasteiger charge is 2.30. The Balaban J connectivity index is 1.64. The molecule has 1 unspecified atom stereocenters. The summed E-state index contributed by atoms with van der Waals surface area (Å²) < 4.78 is 0. The Morgan fingerprint density at radius 3 is 2.65 bits per heavy atom. The van der Waals surface area contributed by atoms with Gasteiger partial charge in [0.2, 0.25) is 0 Å². The molecule has 2 saturated heterocycles. The highest BCUT2D eigenvalue weighted by Crippen LogP contribution is 2.21. The van der Waals surface area contributed by atoms with Gasteiger partial charge in [0.1, 0.15) is 0 Å². The molecule has 4 heteroatoms. The Bertz CT molecular complexity index is 442. The number of hydrogen-bond acceptors (Lipinski definition) is 3. The maximum Gasteiger partial charge on any atom is 0.254 e.